The van der Waals surface area contributed by atoms with Gasteiger partial charge in [0.05, 0.1) is 14.2 Å². The maximum atomic E-state index is 14.6. The van der Waals surface area contributed by atoms with Crippen LogP contribution < -0.4 is 20.1 Å². The van der Waals surface area contributed by atoms with E-state index in [0.717, 1.165) is 44.4 Å². The average molecular weight is 486 g/mol. The molecule has 2 rings (SSSR count). The Morgan fingerprint density at radius 1 is 0.500 bits per heavy atom. The number of hydrogen-bond acceptors (Lipinski definition) is 3. The highest BCUT2D eigenvalue weighted by Gasteiger charge is 2.36. The third-order valence-electron chi connectivity index (χ3n) is 6.17. The Bertz CT molecular complexity index is 983. The normalized spacial score (nSPS) is 13.1. The van der Waals surface area contributed by atoms with Gasteiger partial charge in [0.15, 0.2) is 0 Å². The molecule has 1 radical (unpaired) electrons. The van der Waals surface area contributed by atoms with E-state index in [-0.39, 0.29) is 21.7 Å². The van der Waals surface area contributed by atoms with Gasteiger partial charge in [-0.05, 0) is 57.1 Å². The van der Waals surface area contributed by atoms with Crippen molar-refractivity contribution in [2.24, 2.45) is 0 Å². The molecule has 0 N–H and O–H groups in total. The minimum Gasteiger partial charge on any atom is -0.496 e. The molecule has 0 atom stereocenters. The van der Waals surface area contributed by atoms with Crippen molar-refractivity contribution < 1.29 is 14.0 Å². The zero-order valence-corrected chi connectivity index (χ0v) is 24.9. The summed E-state index contributed by atoms with van der Waals surface area (Å²) >= 11 is 0. The molecule has 0 aliphatic rings. The summed E-state index contributed by atoms with van der Waals surface area (Å²) in [7, 11) is 1.57. The van der Waals surface area contributed by atoms with Crippen LogP contribution in [0.3, 0.4) is 0 Å². The van der Waals surface area contributed by atoms with Crippen LogP contribution in [-0.2, 0) is 26.2 Å². The lowest BCUT2D eigenvalue weighted by atomic mass is 9.74. The van der Waals surface area contributed by atoms with Crippen molar-refractivity contribution in [3.05, 3.63) is 46.5 Å². The van der Waals surface area contributed by atoms with Crippen LogP contribution in [-0.4, -0.2) is 14.2 Å². The Morgan fingerprint density at radius 3 is 0.971 bits per heavy atom. The molecule has 189 valence electrons. The zero-order valence-electron chi connectivity index (χ0n) is 24.0. The Kier molecular flexibility index (Phi) is 7.77. The number of benzene rings is 2. The van der Waals surface area contributed by atoms with Crippen molar-refractivity contribution >= 4 is 18.4 Å². The molecule has 0 spiro atoms. The zero-order chi connectivity index (χ0) is 26.4. The maximum absolute atomic E-state index is 14.6. The SMILES string of the molecule is COc1ccc([P](=O)c2ccc(OC)c(C(C)(C)C)c2C(C)(C)C)c(C(C)(C)C)c1C(C)(C)C. The fourth-order valence-corrected chi connectivity index (χ4v) is 6.94. The lowest BCUT2D eigenvalue weighted by Crippen LogP contribution is -2.33. The largest absolute Gasteiger partial charge is 0.496 e. The molecular formula is C30H46O3P. The first-order valence-corrected chi connectivity index (χ1v) is 13.4. The van der Waals surface area contributed by atoms with E-state index in [0.29, 0.717) is 0 Å². The maximum Gasteiger partial charge on any atom is 0.137 e. The minimum atomic E-state index is -1.86. The highest BCUT2D eigenvalue weighted by molar-refractivity contribution is 7.61. The Balaban J connectivity index is 3.05. The number of hydrogen-bond donors (Lipinski definition) is 0. The minimum absolute atomic E-state index is 0.163. The van der Waals surface area contributed by atoms with Gasteiger partial charge in [0.1, 0.15) is 19.3 Å². The number of methoxy groups -OCH3 is 2. The summed E-state index contributed by atoms with van der Waals surface area (Å²) in [6.07, 6.45) is 0. The van der Waals surface area contributed by atoms with E-state index in [1.54, 1.807) is 14.2 Å². The van der Waals surface area contributed by atoms with Crippen molar-refractivity contribution in [3.63, 3.8) is 0 Å². The predicted octanol–water partition coefficient (Wildman–Crippen LogP) is 7.67. The van der Waals surface area contributed by atoms with E-state index in [1.165, 1.54) is 0 Å². The van der Waals surface area contributed by atoms with Gasteiger partial charge in [-0.25, -0.2) is 0 Å². The lowest BCUT2D eigenvalue weighted by molar-refractivity contribution is 0.392. The van der Waals surface area contributed by atoms with Crippen molar-refractivity contribution in [3.8, 4) is 11.5 Å². The molecule has 0 saturated carbocycles. The second-order valence-electron chi connectivity index (χ2n) is 13.4. The van der Waals surface area contributed by atoms with Crippen LogP contribution in [0.15, 0.2) is 24.3 Å². The van der Waals surface area contributed by atoms with E-state index in [1.807, 2.05) is 24.3 Å². The lowest BCUT2D eigenvalue weighted by Gasteiger charge is -2.35. The standard InChI is InChI=1S/C30H46O3P/c1-27(2,3)23-19(32-13)15-17-21(25(23)29(7,8)9)34(31)22-18-16-20(33-14)24(28(4,5)6)26(22)30(10,11)12/h15-18H,1-14H3. The molecule has 0 heterocycles. The van der Waals surface area contributed by atoms with Crippen LogP contribution in [0, 0.1) is 0 Å². The van der Waals surface area contributed by atoms with Gasteiger partial charge in [-0.3, -0.25) is 4.57 Å². The van der Waals surface area contributed by atoms with E-state index >= 15 is 0 Å². The van der Waals surface area contributed by atoms with Crippen LogP contribution in [0.4, 0.5) is 0 Å². The molecule has 4 heteroatoms. The summed E-state index contributed by atoms with van der Waals surface area (Å²) in [5.41, 5.74) is 3.75. The summed E-state index contributed by atoms with van der Waals surface area (Å²) < 4.78 is 26.2. The molecule has 0 saturated heterocycles. The van der Waals surface area contributed by atoms with Crippen molar-refractivity contribution in [2.45, 2.75) is 105 Å². The summed E-state index contributed by atoms with van der Waals surface area (Å²) in [6, 6.07) is 8.01. The summed E-state index contributed by atoms with van der Waals surface area (Å²) in [5, 5.41) is 1.78. The molecule has 0 unspecified atom stereocenters. The average Bonchev–Trinajstić information content (AvgIpc) is 2.68. The van der Waals surface area contributed by atoms with E-state index in [4.69, 9.17) is 9.47 Å². The van der Waals surface area contributed by atoms with E-state index < -0.39 is 7.80 Å². The fourth-order valence-electron chi connectivity index (χ4n) is 4.96. The topological polar surface area (TPSA) is 35.5 Å². The van der Waals surface area contributed by atoms with Crippen molar-refractivity contribution in [2.75, 3.05) is 14.2 Å². The molecule has 2 aromatic rings. The third-order valence-corrected chi connectivity index (χ3v) is 7.79. The molecule has 0 fully saturated rings. The first-order chi connectivity index (χ1) is 15.3. The molecule has 0 bridgehead atoms. The van der Waals surface area contributed by atoms with E-state index in [9.17, 15) is 4.57 Å². The summed E-state index contributed by atoms with van der Waals surface area (Å²) in [6.45, 7) is 26.4. The molecular weight excluding hydrogens is 439 g/mol. The third kappa shape index (κ3) is 5.51. The molecule has 0 amide bonds. The summed E-state index contributed by atoms with van der Waals surface area (Å²) in [5.74, 6) is 1.71. The van der Waals surface area contributed by atoms with Gasteiger partial charge in [-0.15, -0.1) is 0 Å². The number of ether oxygens (including phenoxy) is 2. The monoisotopic (exact) mass is 485 g/mol. The van der Waals surface area contributed by atoms with Gasteiger partial charge >= 0.3 is 0 Å². The first kappa shape index (κ1) is 28.4. The smallest absolute Gasteiger partial charge is 0.137 e. The van der Waals surface area contributed by atoms with Crippen molar-refractivity contribution in [1.82, 2.24) is 0 Å². The number of rotatable bonds is 4. The van der Waals surface area contributed by atoms with Gasteiger partial charge in [0, 0.05) is 21.7 Å². The van der Waals surface area contributed by atoms with Crippen LogP contribution in [0.2, 0.25) is 0 Å². The van der Waals surface area contributed by atoms with Gasteiger partial charge in [0.2, 0.25) is 0 Å². The summed E-state index contributed by atoms with van der Waals surface area (Å²) in [4.78, 5) is 0. The van der Waals surface area contributed by atoms with Crippen molar-refractivity contribution in [1.29, 1.82) is 0 Å². The van der Waals surface area contributed by atoms with Gasteiger partial charge in [0.25, 0.3) is 0 Å². The molecule has 34 heavy (non-hydrogen) atoms. The molecule has 3 nitrogen and oxygen atoms in total. The Labute approximate surface area is 209 Å². The van der Waals surface area contributed by atoms with Gasteiger partial charge in [-0.1, -0.05) is 83.1 Å². The van der Waals surface area contributed by atoms with Gasteiger partial charge in [-0.2, -0.15) is 0 Å². The molecule has 0 aliphatic carbocycles. The highest BCUT2D eigenvalue weighted by Crippen LogP contribution is 2.45. The molecule has 2 aromatic carbocycles. The van der Waals surface area contributed by atoms with Crippen LogP contribution in [0.25, 0.3) is 0 Å². The van der Waals surface area contributed by atoms with Crippen LogP contribution in [0.1, 0.15) is 105 Å². The molecule has 0 aliphatic heterocycles. The van der Waals surface area contributed by atoms with Gasteiger partial charge < -0.3 is 9.47 Å². The predicted molar refractivity (Wildman–Crippen MR) is 148 cm³/mol. The second kappa shape index (κ2) is 9.30. The fraction of sp³-hybridized carbons (Fsp3) is 0.600. The molecule has 0 aromatic heterocycles. The highest BCUT2D eigenvalue weighted by atomic mass is 31.1. The van der Waals surface area contributed by atoms with Crippen LogP contribution >= 0.6 is 7.80 Å². The second-order valence-corrected chi connectivity index (χ2v) is 14.9. The van der Waals surface area contributed by atoms with Crippen LogP contribution in [0.5, 0.6) is 11.5 Å². The van der Waals surface area contributed by atoms with E-state index in [2.05, 4.69) is 83.1 Å². The first-order valence-electron chi connectivity index (χ1n) is 12.2. The Hall–Kier alpha value is -1.86. The Morgan fingerprint density at radius 2 is 0.765 bits per heavy atom. The quantitative estimate of drug-likeness (QED) is 0.417.